The van der Waals surface area contributed by atoms with E-state index in [1.807, 2.05) is 60.7 Å². The van der Waals surface area contributed by atoms with E-state index in [0.717, 1.165) is 12.0 Å². The molecule has 108 valence electrons. The molecule has 0 aliphatic heterocycles. The minimum Gasteiger partial charge on any atom is -0.489 e. The van der Waals surface area contributed by atoms with Gasteiger partial charge in [0.2, 0.25) is 3.79 Å². The molecule has 0 saturated carbocycles. The quantitative estimate of drug-likeness (QED) is 0.387. The van der Waals surface area contributed by atoms with Crippen LogP contribution in [0.25, 0.3) is 0 Å². The van der Waals surface area contributed by atoms with Crippen LogP contribution in [0.4, 0.5) is 0 Å². The number of benzene rings is 1. The lowest BCUT2D eigenvalue weighted by Crippen LogP contribution is -2.01. The smallest absolute Gasteiger partial charge is 0.226 e. The Balaban J connectivity index is 2.93. The van der Waals surface area contributed by atoms with Gasteiger partial charge in [-0.2, -0.15) is 0 Å². The Morgan fingerprint density at radius 1 is 1.15 bits per heavy atom. The Labute approximate surface area is 135 Å². The van der Waals surface area contributed by atoms with Crippen LogP contribution in [0.5, 0.6) is 5.75 Å². The molecule has 0 N–H and O–H groups in total. The summed E-state index contributed by atoms with van der Waals surface area (Å²) in [5.74, 6) is 0.655. The molecule has 0 radical (unpaired) electrons. The summed E-state index contributed by atoms with van der Waals surface area (Å²) in [5.41, 5.74) is 4.25. The van der Waals surface area contributed by atoms with Crippen molar-refractivity contribution in [1.82, 2.24) is 0 Å². The van der Waals surface area contributed by atoms with Crippen molar-refractivity contribution in [2.24, 2.45) is 0 Å². The summed E-state index contributed by atoms with van der Waals surface area (Å²) in [7, 11) is 0. The Bertz CT molecular complexity index is 534. The van der Waals surface area contributed by atoms with Gasteiger partial charge in [-0.05, 0) is 57.9 Å². The number of allylic oxidation sites excluding steroid dienone is 3. The maximum absolute atomic E-state index is 11.7. The van der Waals surface area contributed by atoms with E-state index in [1.54, 1.807) is 0 Å². The lowest BCUT2D eigenvalue weighted by molar-refractivity contribution is 0.110. The average Bonchev–Trinajstić information content (AvgIpc) is 2.36. The molecule has 0 aromatic heterocycles. The molecular formula is C17H21IO2. The third-order valence-corrected chi connectivity index (χ3v) is 3.31. The molecule has 1 aromatic rings. The Hall–Kier alpha value is -1.10. The van der Waals surface area contributed by atoms with E-state index in [9.17, 15) is 4.79 Å². The zero-order valence-corrected chi connectivity index (χ0v) is 14.7. The molecular weight excluding hydrogens is 363 g/mol. The number of carbonyl (C=O) groups is 1. The van der Waals surface area contributed by atoms with E-state index in [4.69, 9.17) is 4.74 Å². The van der Waals surface area contributed by atoms with Gasteiger partial charge in [0.15, 0.2) is 0 Å². The summed E-state index contributed by atoms with van der Waals surface area (Å²) in [6.07, 6.45) is 4.99. The third kappa shape index (κ3) is 5.90. The molecule has 20 heavy (non-hydrogen) atoms. The van der Waals surface area contributed by atoms with Crippen molar-refractivity contribution in [3.8, 4) is 5.75 Å². The average molecular weight is 384 g/mol. The first-order valence-corrected chi connectivity index (χ1v) is 7.70. The lowest BCUT2D eigenvalue weighted by atomic mass is 10.1. The van der Waals surface area contributed by atoms with Crippen LogP contribution in [0.3, 0.4) is 0 Å². The zero-order chi connectivity index (χ0) is 15.1. The third-order valence-electron chi connectivity index (χ3n) is 2.73. The van der Waals surface area contributed by atoms with Crippen molar-refractivity contribution >= 4 is 26.4 Å². The molecule has 0 heterocycles. The van der Waals surface area contributed by atoms with Crippen molar-refractivity contribution in [2.75, 3.05) is 6.61 Å². The highest BCUT2D eigenvalue weighted by atomic mass is 127. The highest BCUT2D eigenvalue weighted by molar-refractivity contribution is 14.1. The summed E-state index contributed by atoms with van der Waals surface area (Å²) in [6.45, 7) is 8.68. The van der Waals surface area contributed by atoms with E-state index in [-0.39, 0.29) is 3.79 Å². The molecule has 0 atom stereocenters. The molecule has 2 nitrogen and oxygen atoms in total. The number of carbonyl (C=O) groups excluding carboxylic acids is 1. The summed E-state index contributed by atoms with van der Waals surface area (Å²) in [4.78, 5) is 11.7. The molecule has 0 aliphatic rings. The van der Waals surface area contributed by atoms with E-state index in [1.165, 1.54) is 11.1 Å². The predicted octanol–water partition coefficient (Wildman–Crippen LogP) is 5.12. The molecule has 0 bridgehead atoms. The summed E-state index contributed by atoms with van der Waals surface area (Å²) >= 11 is 1.81. The summed E-state index contributed by atoms with van der Waals surface area (Å²) in [5, 5.41) is 0. The highest BCUT2D eigenvalue weighted by Gasteiger charge is 2.10. The van der Waals surface area contributed by atoms with Gasteiger partial charge >= 0.3 is 0 Å². The molecule has 0 amide bonds. The molecule has 1 aromatic carbocycles. The number of hydrogen-bond donors (Lipinski definition) is 0. The minimum absolute atomic E-state index is 0.00819. The largest absolute Gasteiger partial charge is 0.489 e. The maximum Gasteiger partial charge on any atom is 0.226 e. The van der Waals surface area contributed by atoms with Crippen LogP contribution in [0.2, 0.25) is 0 Å². The lowest BCUT2D eigenvalue weighted by Gasteiger charge is -2.09. The van der Waals surface area contributed by atoms with Crippen molar-refractivity contribution in [3.05, 3.63) is 52.6 Å². The molecule has 0 saturated heterocycles. The summed E-state index contributed by atoms with van der Waals surface area (Å²) < 4.78 is 5.68. The van der Waals surface area contributed by atoms with Gasteiger partial charge < -0.3 is 4.74 Å². The first kappa shape index (κ1) is 17.0. The maximum atomic E-state index is 11.7. The minimum atomic E-state index is 0.00819. The topological polar surface area (TPSA) is 26.3 Å². The van der Waals surface area contributed by atoms with Crippen LogP contribution in [0.15, 0.2) is 41.5 Å². The second-order valence-electron chi connectivity index (χ2n) is 5.18. The van der Waals surface area contributed by atoms with Crippen molar-refractivity contribution < 1.29 is 9.53 Å². The van der Waals surface area contributed by atoms with Crippen molar-refractivity contribution in [3.63, 3.8) is 0 Å². The van der Waals surface area contributed by atoms with Crippen LogP contribution < -0.4 is 4.74 Å². The Morgan fingerprint density at radius 2 is 1.80 bits per heavy atom. The first-order valence-electron chi connectivity index (χ1n) is 6.62. The van der Waals surface area contributed by atoms with Gasteiger partial charge in [-0.25, -0.2) is 0 Å². The Kier molecular flexibility index (Phi) is 6.99. The van der Waals surface area contributed by atoms with Gasteiger partial charge in [0.1, 0.15) is 12.4 Å². The predicted molar refractivity (Wildman–Crippen MR) is 92.9 cm³/mol. The second kappa shape index (κ2) is 8.25. The fourth-order valence-electron chi connectivity index (χ4n) is 1.60. The Morgan fingerprint density at radius 3 is 2.35 bits per heavy atom. The number of hydrogen-bond acceptors (Lipinski definition) is 2. The second-order valence-corrected chi connectivity index (χ2v) is 6.16. The van der Waals surface area contributed by atoms with Crippen molar-refractivity contribution in [1.29, 1.82) is 0 Å². The monoisotopic (exact) mass is 384 g/mol. The van der Waals surface area contributed by atoms with Crippen LogP contribution in [0, 0.1) is 0 Å². The van der Waals surface area contributed by atoms with Gasteiger partial charge in [-0.3, -0.25) is 4.79 Å². The van der Waals surface area contributed by atoms with E-state index >= 15 is 0 Å². The zero-order valence-electron chi connectivity index (χ0n) is 12.5. The van der Waals surface area contributed by atoms with Crippen molar-refractivity contribution in [2.45, 2.75) is 34.1 Å². The first-order chi connectivity index (χ1) is 9.40. The standard InChI is InChI=1S/C17H21IO2/c1-12(2)5-6-14-7-8-16(15(11-14)17(18)19)20-10-9-13(3)4/h5,7-9,11H,6,10H2,1-4H3. The van der Waals surface area contributed by atoms with Gasteiger partial charge in [0.05, 0.1) is 5.56 Å². The van der Waals surface area contributed by atoms with Gasteiger partial charge in [-0.15, -0.1) is 0 Å². The molecule has 0 unspecified atom stereocenters. The fourth-order valence-corrected chi connectivity index (χ4v) is 2.03. The highest BCUT2D eigenvalue weighted by Crippen LogP contribution is 2.23. The van der Waals surface area contributed by atoms with E-state index in [2.05, 4.69) is 19.9 Å². The van der Waals surface area contributed by atoms with Crippen LogP contribution in [-0.4, -0.2) is 10.4 Å². The van der Waals surface area contributed by atoms with Crippen LogP contribution in [0.1, 0.15) is 43.6 Å². The fraction of sp³-hybridized carbons (Fsp3) is 0.353. The normalized spacial score (nSPS) is 9.85. The number of ether oxygens (including phenoxy) is 1. The molecule has 0 spiro atoms. The van der Waals surface area contributed by atoms with E-state index in [0.29, 0.717) is 17.9 Å². The summed E-state index contributed by atoms with van der Waals surface area (Å²) in [6, 6.07) is 5.82. The van der Waals surface area contributed by atoms with Crippen LogP contribution in [-0.2, 0) is 6.42 Å². The SMILES string of the molecule is CC(C)=CCOc1ccc(CC=C(C)C)cc1C(=O)I. The number of rotatable bonds is 6. The van der Waals surface area contributed by atoms with E-state index < -0.39 is 0 Å². The molecule has 0 aliphatic carbocycles. The number of halogens is 1. The molecule has 0 fully saturated rings. The van der Waals surface area contributed by atoms with Gasteiger partial charge in [-0.1, -0.05) is 23.3 Å². The van der Waals surface area contributed by atoms with Crippen LogP contribution >= 0.6 is 22.6 Å². The van der Waals surface area contributed by atoms with Gasteiger partial charge in [0, 0.05) is 22.6 Å². The molecule has 3 heteroatoms. The molecule has 1 rings (SSSR count). The van der Waals surface area contributed by atoms with Gasteiger partial charge in [0.25, 0.3) is 0 Å².